The van der Waals surface area contributed by atoms with Crippen molar-refractivity contribution in [2.24, 2.45) is 11.8 Å². The highest BCUT2D eigenvalue weighted by molar-refractivity contribution is 5.89. The molecule has 1 saturated carbocycles. The van der Waals surface area contributed by atoms with Crippen molar-refractivity contribution in [2.75, 3.05) is 5.32 Å². The Bertz CT molecular complexity index is 482. The molecular formula is C17H25NO2. The standard InChI is InChI=1S/C17H25NO2/c1-11(2)14-6-4-5-7-15(14)18-16-10-13(17(19)20)9-8-12(16)3/h8-11,14-15,18H,4-7H2,1-3H3,(H,19,20). The van der Waals surface area contributed by atoms with Gasteiger partial charge in [0.2, 0.25) is 0 Å². The van der Waals surface area contributed by atoms with Crippen molar-refractivity contribution >= 4 is 11.7 Å². The topological polar surface area (TPSA) is 49.3 Å². The number of aromatic carboxylic acids is 1. The molecule has 3 heteroatoms. The molecule has 1 aliphatic rings. The second-order valence-corrected chi connectivity index (χ2v) is 6.28. The van der Waals surface area contributed by atoms with Gasteiger partial charge in [-0.25, -0.2) is 4.79 Å². The van der Waals surface area contributed by atoms with Gasteiger partial charge in [-0.1, -0.05) is 32.8 Å². The van der Waals surface area contributed by atoms with Gasteiger partial charge in [-0.2, -0.15) is 0 Å². The number of carboxylic acid groups (broad SMARTS) is 1. The molecule has 0 aromatic heterocycles. The second kappa shape index (κ2) is 6.29. The van der Waals surface area contributed by atoms with E-state index in [0.717, 1.165) is 11.3 Å². The van der Waals surface area contributed by atoms with Crippen LogP contribution in [0.1, 0.15) is 55.5 Å². The van der Waals surface area contributed by atoms with Crippen LogP contribution in [-0.4, -0.2) is 17.1 Å². The molecule has 110 valence electrons. The van der Waals surface area contributed by atoms with Crippen molar-refractivity contribution in [3.05, 3.63) is 29.3 Å². The van der Waals surface area contributed by atoms with Crippen molar-refractivity contribution in [2.45, 2.75) is 52.5 Å². The molecule has 20 heavy (non-hydrogen) atoms. The molecule has 1 fully saturated rings. The Morgan fingerprint density at radius 1 is 1.30 bits per heavy atom. The Morgan fingerprint density at radius 3 is 2.65 bits per heavy atom. The van der Waals surface area contributed by atoms with Crippen LogP contribution in [0.15, 0.2) is 18.2 Å². The van der Waals surface area contributed by atoms with Gasteiger partial charge in [0.1, 0.15) is 0 Å². The molecule has 0 heterocycles. The van der Waals surface area contributed by atoms with Crippen LogP contribution in [0.25, 0.3) is 0 Å². The molecule has 0 spiro atoms. The third-order valence-electron chi connectivity index (χ3n) is 4.50. The van der Waals surface area contributed by atoms with E-state index in [0.29, 0.717) is 23.4 Å². The Kier molecular flexibility index (Phi) is 4.69. The molecule has 1 aliphatic carbocycles. The summed E-state index contributed by atoms with van der Waals surface area (Å²) >= 11 is 0. The summed E-state index contributed by atoms with van der Waals surface area (Å²) in [7, 11) is 0. The van der Waals surface area contributed by atoms with E-state index in [1.807, 2.05) is 13.0 Å². The molecule has 0 radical (unpaired) electrons. The van der Waals surface area contributed by atoms with E-state index >= 15 is 0 Å². The largest absolute Gasteiger partial charge is 0.478 e. The highest BCUT2D eigenvalue weighted by Gasteiger charge is 2.27. The summed E-state index contributed by atoms with van der Waals surface area (Å²) in [6, 6.07) is 5.79. The van der Waals surface area contributed by atoms with Crippen molar-refractivity contribution in [1.82, 2.24) is 0 Å². The number of rotatable bonds is 4. The fourth-order valence-electron chi connectivity index (χ4n) is 3.25. The number of benzene rings is 1. The maximum absolute atomic E-state index is 11.1. The SMILES string of the molecule is Cc1ccc(C(=O)O)cc1NC1CCCCC1C(C)C. The number of carbonyl (C=O) groups is 1. The minimum Gasteiger partial charge on any atom is -0.478 e. The van der Waals surface area contributed by atoms with E-state index in [9.17, 15) is 4.79 Å². The monoisotopic (exact) mass is 275 g/mol. The lowest BCUT2D eigenvalue weighted by molar-refractivity contribution is 0.0697. The van der Waals surface area contributed by atoms with Gasteiger partial charge in [0, 0.05) is 11.7 Å². The molecule has 0 amide bonds. The zero-order chi connectivity index (χ0) is 14.7. The number of hydrogen-bond donors (Lipinski definition) is 2. The number of carboxylic acids is 1. The van der Waals surface area contributed by atoms with Crippen molar-refractivity contribution in [3.8, 4) is 0 Å². The van der Waals surface area contributed by atoms with E-state index < -0.39 is 5.97 Å². The number of anilines is 1. The van der Waals surface area contributed by atoms with Crippen molar-refractivity contribution in [3.63, 3.8) is 0 Å². The third kappa shape index (κ3) is 3.33. The lowest BCUT2D eigenvalue weighted by Crippen LogP contribution is -2.35. The summed E-state index contributed by atoms with van der Waals surface area (Å²) in [6.07, 6.45) is 5.03. The summed E-state index contributed by atoms with van der Waals surface area (Å²) in [5.74, 6) is 0.476. The van der Waals surface area contributed by atoms with E-state index in [1.165, 1.54) is 25.7 Å². The average molecular weight is 275 g/mol. The van der Waals surface area contributed by atoms with Gasteiger partial charge in [0.25, 0.3) is 0 Å². The number of aryl methyl sites for hydroxylation is 1. The van der Waals surface area contributed by atoms with Crippen molar-refractivity contribution in [1.29, 1.82) is 0 Å². The highest BCUT2D eigenvalue weighted by atomic mass is 16.4. The average Bonchev–Trinajstić information content (AvgIpc) is 2.41. The van der Waals surface area contributed by atoms with Crippen LogP contribution in [0.5, 0.6) is 0 Å². The first-order chi connectivity index (χ1) is 9.49. The Labute approximate surface area is 121 Å². The lowest BCUT2D eigenvalue weighted by atomic mass is 9.77. The third-order valence-corrected chi connectivity index (χ3v) is 4.50. The molecular weight excluding hydrogens is 250 g/mol. The minimum atomic E-state index is -0.864. The predicted octanol–water partition coefficient (Wildman–Crippen LogP) is 4.32. The first kappa shape index (κ1) is 14.9. The van der Waals surface area contributed by atoms with Crippen LogP contribution in [0, 0.1) is 18.8 Å². The molecule has 2 N–H and O–H groups in total. The number of hydrogen-bond acceptors (Lipinski definition) is 2. The molecule has 3 nitrogen and oxygen atoms in total. The van der Waals surface area contributed by atoms with Crippen LogP contribution in [0.4, 0.5) is 5.69 Å². The second-order valence-electron chi connectivity index (χ2n) is 6.28. The summed E-state index contributed by atoms with van der Waals surface area (Å²) < 4.78 is 0. The Balaban J connectivity index is 2.19. The van der Waals surface area contributed by atoms with Crippen molar-refractivity contribution < 1.29 is 9.90 Å². The molecule has 2 rings (SSSR count). The normalized spacial score (nSPS) is 22.8. The summed E-state index contributed by atoms with van der Waals surface area (Å²) in [4.78, 5) is 11.1. The zero-order valence-corrected chi connectivity index (χ0v) is 12.6. The quantitative estimate of drug-likeness (QED) is 0.860. The van der Waals surface area contributed by atoms with E-state index in [-0.39, 0.29) is 0 Å². The van der Waals surface area contributed by atoms with E-state index in [4.69, 9.17) is 5.11 Å². The maximum Gasteiger partial charge on any atom is 0.335 e. The number of nitrogens with one attached hydrogen (secondary N) is 1. The van der Waals surface area contributed by atoms with Crippen LogP contribution >= 0.6 is 0 Å². The first-order valence-corrected chi connectivity index (χ1v) is 7.59. The van der Waals surface area contributed by atoms with Crippen LogP contribution in [-0.2, 0) is 0 Å². The Morgan fingerprint density at radius 2 is 2.00 bits per heavy atom. The molecule has 0 aliphatic heterocycles. The fourth-order valence-corrected chi connectivity index (χ4v) is 3.25. The van der Waals surface area contributed by atoms with Gasteiger partial charge in [-0.3, -0.25) is 0 Å². The van der Waals surface area contributed by atoms with Crippen LogP contribution in [0.2, 0.25) is 0 Å². The molecule has 2 atom stereocenters. The maximum atomic E-state index is 11.1. The molecule has 1 aromatic carbocycles. The Hall–Kier alpha value is -1.51. The van der Waals surface area contributed by atoms with E-state index in [1.54, 1.807) is 12.1 Å². The minimum absolute atomic E-state index is 0.356. The summed E-state index contributed by atoms with van der Waals surface area (Å²) in [6.45, 7) is 6.59. The van der Waals surface area contributed by atoms with Gasteiger partial charge >= 0.3 is 5.97 Å². The van der Waals surface area contributed by atoms with Gasteiger partial charge < -0.3 is 10.4 Å². The summed E-state index contributed by atoms with van der Waals surface area (Å²) in [5, 5.41) is 12.7. The first-order valence-electron chi connectivity index (χ1n) is 7.59. The van der Waals surface area contributed by atoms with Crippen LogP contribution < -0.4 is 5.32 Å². The van der Waals surface area contributed by atoms with Crippen LogP contribution in [0.3, 0.4) is 0 Å². The van der Waals surface area contributed by atoms with Gasteiger partial charge in [0.05, 0.1) is 5.56 Å². The predicted molar refractivity (Wildman–Crippen MR) is 82.3 cm³/mol. The van der Waals surface area contributed by atoms with Gasteiger partial charge in [-0.05, 0) is 49.3 Å². The molecule has 2 unspecified atom stereocenters. The lowest BCUT2D eigenvalue weighted by Gasteiger charge is -2.36. The molecule has 0 bridgehead atoms. The zero-order valence-electron chi connectivity index (χ0n) is 12.6. The highest BCUT2D eigenvalue weighted by Crippen LogP contribution is 2.33. The van der Waals surface area contributed by atoms with Gasteiger partial charge in [-0.15, -0.1) is 0 Å². The fraction of sp³-hybridized carbons (Fsp3) is 0.588. The van der Waals surface area contributed by atoms with E-state index in [2.05, 4.69) is 19.2 Å². The summed E-state index contributed by atoms with van der Waals surface area (Å²) in [5.41, 5.74) is 2.44. The molecule has 0 saturated heterocycles. The smallest absolute Gasteiger partial charge is 0.335 e. The van der Waals surface area contributed by atoms with Gasteiger partial charge in [0.15, 0.2) is 0 Å². The molecule has 1 aromatic rings.